The zero-order valence-electron chi connectivity index (χ0n) is 15.3. The molecule has 1 aliphatic rings. The second-order valence-electron chi connectivity index (χ2n) is 6.55. The number of halogens is 1. The minimum Gasteiger partial charge on any atom is -0.455 e. The number of rotatable bonds is 5. The van der Waals surface area contributed by atoms with Gasteiger partial charge in [0.15, 0.2) is 11.7 Å². The number of thiazole rings is 1. The van der Waals surface area contributed by atoms with E-state index in [1.807, 2.05) is 6.92 Å². The number of hydrogen-bond donors (Lipinski definition) is 1. The molecule has 7 nitrogen and oxygen atoms in total. The van der Waals surface area contributed by atoms with Gasteiger partial charge in [0.25, 0.3) is 11.8 Å². The van der Waals surface area contributed by atoms with Crippen LogP contribution in [0.15, 0.2) is 29.6 Å². The molecule has 0 spiro atoms. The quantitative estimate of drug-likeness (QED) is 0.773. The van der Waals surface area contributed by atoms with Crippen LogP contribution in [0.2, 0.25) is 0 Å². The molecule has 1 aromatic heterocycles. The van der Waals surface area contributed by atoms with Gasteiger partial charge in [-0.3, -0.25) is 19.7 Å². The van der Waals surface area contributed by atoms with Gasteiger partial charge in [0.05, 0.1) is 11.6 Å². The van der Waals surface area contributed by atoms with Gasteiger partial charge in [-0.1, -0.05) is 0 Å². The Labute approximate surface area is 165 Å². The van der Waals surface area contributed by atoms with Gasteiger partial charge in [-0.15, -0.1) is 11.3 Å². The average molecular weight is 405 g/mol. The Morgan fingerprint density at radius 2 is 2.07 bits per heavy atom. The van der Waals surface area contributed by atoms with Gasteiger partial charge < -0.3 is 9.64 Å². The fourth-order valence-corrected chi connectivity index (χ4v) is 3.65. The highest BCUT2D eigenvalue weighted by molar-refractivity contribution is 7.13. The van der Waals surface area contributed by atoms with Crippen LogP contribution in [0.5, 0.6) is 0 Å². The molecule has 1 N–H and O–H groups in total. The van der Waals surface area contributed by atoms with E-state index in [4.69, 9.17) is 4.74 Å². The number of ether oxygens (including phenoxy) is 1. The third-order valence-electron chi connectivity index (χ3n) is 4.34. The molecule has 2 amide bonds. The second-order valence-corrected chi connectivity index (χ2v) is 7.41. The van der Waals surface area contributed by atoms with E-state index in [1.54, 1.807) is 10.3 Å². The molecule has 0 radical (unpaired) electrons. The zero-order valence-corrected chi connectivity index (χ0v) is 16.1. The molecule has 1 fully saturated rings. The van der Waals surface area contributed by atoms with Gasteiger partial charge in [0.1, 0.15) is 5.82 Å². The summed E-state index contributed by atoms with van der Waals surface area (Å²) in [7, 11) is 0. The van der Waals surface area contributed by atoms with E-state index in [2.05, 4.69) is 10.3 Å². The highest BCUT2D eigenvalue weighted by Crippen LogP contribution is 2.20. The fourth-order valence-electron chi connectivity index (χ4n) is 2.95. The standard InChI is InChI=1S/C19H20FN3O4S/c1-12-11-28-19(21-12)22-16(24)10-27-18(26)14-3-2-8-23(9-14)17(25)13-4-6-15(20)7-5-13/h4-7,11,14H,2-3,8-10H2,1H3,(H,21,22,24). The van der Waals surface area contributed by atoms with Crippen LogP contribution in [-0.4, -0.2) is 47.4 Å². The molecule has 0 saturated carbocycles. The Morgan fingerprint density at radius 3 is 2.75 bits per heavy atom. The van der Waals surface area contributed by atoms with Gasteiger partial charge in [-0.05, 0) is 44.0 Å². The van der Waals surface area contributed by atoms with Crippen molar-refractivity contribution in [3.8, 4) is 0 Å². The third-order valence-corrected chi connectivity index (χ3v) is 5.22. The lowest BCUT2D eigenvalue weighted by Gasteiger charge is -2.31. The van der Waals surface area contributed by atoms with Crippen LogP contribution in [0.25, 0.3) is 0 Å². The minimum atomic E-state index is -0.512. The summed E-state index contributed by atoms with van der Waals surface area (Å²) >= 11 is 1.29. The molecule has 0 aliphatic carbocycles. The average Bonchev–Trinajstić information content (AvgIpc) is 3.10. The molecule has 1 aliphatic heterocycles. The van der Waals surface area contributed by atoms with Crippen molar-refractivity contribution < 1.29 is 23.5 Å². The molecular weight excluding hydrogens is 385 g/mol. The first-order valence-electron chi connectivity index (χ1n) is 8.86. The van der Waals surface area contributed by atoms with Crippen molar-refractivity contribution in [2.45, 2.75) is 19.8 Å². The van der Waals surface area contributed by atoms with Crippen LogP contribution >= 0.6 is 11.3 Å². The summed E-state index contributed by atoms with van der Waals surface area (Å²) < 4.78 is 18.1. The van der Waals surface area contributed by atoms with Crippen LogP contribution < -0.4 is 5.32 Å². The van der Waals surface area contributed by atoms with E-state index in [-0.39, 0.29) is 12.5 Å². The number of likely N-dealkylation sites (tertiary alicyclic amines) is 1. The minimum absolute atomic E-state index is 0.211. The topological polar surface area (TPSA) is 88.6 Å². The number of carbonyl (C=O) groups is 3. The number of esters is 1. The molecule has 148 valence electrons. The van der Waals surface area contributed by atoms with E-state index in [0.29, 0.717) is 30.1 Å². The lowest BCUT2D eigenvalue weighted by molar-refractivity contribution is -0.152. The van der Waals surface area contributed by atoms with E-state index in [9.17, 15) is 18.8 Å². The summed E-state index contributed by atoms with van der Waals surface area (Å²) in [6, 6.07) is 5.30. The molecule has 2 heterocycles. The number of aromatic nitrogens is 1. The van der Waals surface area contributed by atoms with Crippen molar-refractivity contribution in [2.75, 3.05) is 25.0 Å². The summed E-state index contributed by atoms with van der Waals surface area (Å²) in [6.07, 6.45) is 1.23. The number of benzene rings is 1. The lowest BCUT2D eigenvalue weighted by Crippen LogP contribution is -2.43. The molecule has 28 heavy (non-hydrogen) atoms. The molecule has 1 saturated heterocycles. The molecule has 0 bridgehead atoms. The predicted octanol–water partition coefficient (Wildman–Crippen LogP) is 2.62. The summed E-state index contributed by atoms with van der Waals surface area (Å²) in [6.45, 7) is 2.14. The van der Waals surface area contributed by atoms with Crippen molar-refractivity contribution in [1.29, 1.82) is 0 Å². The van der Waals surface area contributed by atoms with Crippen molar-refractivity contribution in [3.05, 3.63) is 46.7 Å². The maximum absolute atomic E-state index is 13.0. The molecule has 3 rings (SSSR count). The van der Waals surface area contributed by atoms with Crippen molar-refractivity contribution in [2.24, 2.45) is 5.92 Å². The van der Waals surface area contributed by atoms with Crippen molar-refractivity contribution in [3.63, 3.8) is 0 Å². The van der Waals surface area contributed by atoms with E-state index in [1.165, 1.54) is 35.6 Å². The summed E-state index contributed by atoms with van der Waals surface area (Å²) in [4.78, 5) is 42.4. The first kappa shape index (κ1) is 19.9. The largest absolute Gasteiger partial charge is 0.455 e. The highest BCUT2D eigenvalue weighted by Gasteiger charge is 2.30. The first-order chi connectivity index (χ1) is 13.4. The van der Waals surface area contributed by atoms with Gasteiger partial charge in [0.2, 0.25) is 0 Å². The fraction of sp³-hybridized carbons (Fsp3) is 0.368. The highest BCUT2D eigenvalue weighted by atomic mass is 32.1. The maximum Gasteiger partial charge on any atom is 0.311 e. The van der Waals surface area contributed by atoms with Crippen LogP contribution in [0.3, 0.4) is 0 Å². The smallest absolute Gasteiger partial charge is 0.311 e. The molecule has 1 atom stereocenters. The number of piperidine rings is 1. The number of hydrogen-bond acceptors (Lipinski definition) is 6. The number of carbonyl (C=O) groups excluding carboxylic acids is 3. The maximum atomic E-state index is 13.0. The number of nitrogens with zero attached hydrogens (tertiary/aromatic N) is 2. The second kappa shape index (κ2) is 8.92. The van der Waals surface area contributed by atoms with E-state index < -0.39 is 30.2 Å². The number of nitrogens with one attached hydrogen (secondary N) is 1. The Bertz CT molecular complexity index is 868. The van der Waals surface area contributed by atoms with Crippen LogP contribution in [0.4, 0.5) is 9.52 Å². The summed E-state index contributed by atoms with van der Waals surface area (Å²) in [5.74, 6) is -2.13. The van der Waals surface area contributed by atoms with Crippen molar-refractivity contribution >= 4 is 34.3 Å². The monoisotopic (exact) mass is 405 g/mol. The van der Waals surface area contributed by atoms with E-state index >= 15 is 0 Å². The van der Waals surface area contributed by atoms with Crippen LogP contribution in [0.1, 0.15) is 28.9 Å². The van der Waals surface area contributed by atoms with Crippen LogP contribution in [0, 0.1) is 18.7 Å². The molecule has 1 aromatic carbocycles. The molecule has 1 unspecified atom stereocenters. The van der Waals surface area contributed by atoms with Gasteiger partial charge in [0, 0.05) is 24.0 Å². The zero-order chi connectivity index (χ0) is 20.1. The van der Waals surface area contributed by atoms with Crippen molar-refractivity contribution in [1.82, 2.24) is 9.88 Å². The lowest BCUT2D eigenvalue weighted by atomic mass is 9.97. The van der Waals surface area contributed by atoms with E-state index in [0.717, 1.165) is 5.69 Å². The molecule has 9 heteroatoms. The molecule has 2 aromatic rings. The normalized spacial score (nSPS) is 16.5. The third kappa shape index (κ3) is 5.13. The Hall–Kier alpha value is -2.81. The predicted molar refractivity (Wildman–Crippen MR) is 101 cm³/mol. The number of aryl methyl sites for hydroxylation is 1. The summed E-state index contributed by atoms with van der Waals surface area (Å²) in [5, 5.41) is 4.82. The van der Waals surface area contributed by atoms with Gasteiger partial charge in [-0.25, -0.2) is 9.37 Å². The number of anilines is 1. The molecular formula is C19H20FN3O4S. The Morgan fingerprint density at radius 1 is 1.32 bits per heavy atom. The first-order valence-corrected chi connectivity index (χ1v) is 9.74. The van der Waals surface area contributed by atoms with Gasteiger partial charge in [-0.2, -0.15) is 0 Å². The Balaban J connectivity index is 1.50. The number of amides is 2. The van der Waals surface area contributed by atoms with Gasteiger partial charge >= 0.3 is 5.97 Å². The summed E-state index contributed by atoms with van der Waals surface area (Å²) in [5.41, 5.74) is 1.17. The Kier molecular flexibility index (Phi) is 6.35. The SMILES string of the molecule is Cc1csc(NC(=O)COC(=O)C2CCCN(C(=O)c3ccc(F)cc3)C2)n1. The van der Waals surface area contributed by atoms with Crippen LogP contribution in [-0.2, 0) is 14.3 Å².